The molecule has 0 aromatic heterocycles. The number of aliphatic carboxylic acids is 1. The minimum atomic E-state index is -1.60. The summed E-state index contributed by atoms with van der Waals surface area (Å²) >= 11 is 1.02. The molecule has 1 aromatic carbocycles. The molecule has 5 nitrogen and oxygen atoms in total. The number of carboxylic acid groups (broad SMARTS) is 1. The first-order valence-corrected chi connectivity index (χ1v) is 6.51. The van der Waals surface area contributed by atoms with Gasteiger partial charge >= 0.3 is 11.9 Å². The van der Waals surface area contributed by atoms with Gasteiger partial charge in [-0.2, -0.15) is 0 Å². The summed E-state index contributed by atoms with van der Waals surface area (Å²) in [4.78, 5) is 22.8. The van der Waals surface area contributed by atoms with Gasteiger partial charge in [0.25, 0.3) is 0 Å². The number of thioether (sulfide) groups is 1. The van der Waals surface area contributed by atoms with Gasteiger partial charge in [0.05, 0.1) is 14.2 Å². The highest BCUT2D eigenvalue weighted by molar-refractivity contribution is 8.01. The maximum atomic E-state index is 11.6. The lowest BCUT2D eigenvalue weighted by molar-refractivity contribution is -0.153. The maximum absolute atomic E-state index is 11.6. The Morgan fingerprint density at radius 3 is 2.26 bits per heavy atom. The van der Waals surface area contributed by atoms with Gasteiger partial charge in [0.1, 0.15) is 5.75 Å². The first-order chi connectivity index (χ1) is 8.93. The van der Waals surface area contributed by atoms with Gasteiger partial charge in [0, 0.05) is 5.75 Å². The summed E-state index contributed by atoms with van der Waals surface area (Å²) in [7, 11) is 2.75. The molecular formula is C13H16O5S. The van der Waals surface area contributed by atoms with Crippen molar-refractivity contribution in [1.29, 1.82) is 0 Å². The van der Waals surface area contributed by atoms with E-state index in [0.29, 0.717) is 5.75 Å². The molecule has 6 heteroatoms. The van der Waals surface area contributed by atoms with Gasteiger partial charge in [0.2, 0.25) is 4.75 Å². The molecule has 1 N–H and O–H groups in total. The summed E-state index contributed by atoms with van der Waals surface area (Å²) in [5.41, 5.74) is 0.905. The third kappa shape index (κ3) is 3.64. The number of carbonyl (C=O) groups is 2. The minimum absolute atomic E-state index is 0.391. The zero-order chi connectivity index (χ0) is 14.5. The summed E-state index contributed by atoms with van der Waals surface area (Å²) in [6.45, 7) is 1.34. The first-order valence-electron chi connectivity index (χ1n) is 5.52. The van der Waals surface area contributed by atoms with E-state index in [0.717, 1.165) is 23.1 Å². The van der Waals surface area contributed by atoms with Gasteiger partial charge < -0.3 is 14.6 Å². The Labute approximate surface area is 115 Å². The molecule has 1 unspecified atom stereocenters. The largest absolute Gasteiger partial charge is 0.497 e. The van der Waals surface area contributed by atoms with Gasteiger partial charge in [-0.05, 0) is 24.6 Å². The molecule has 19 heavy (non-hydrogen) atoms. The number of carboxylic acids is 1. The lowest BCUT2D eigenvalue weighted by atomic mass is 10.2. The molecule has 0 heterocycles. The molecule has 0 aliphatic carbocycles. The van der Waals surface area contributed by atoms with E-state index in [9.17, 15) is 9.59 Å². The molecule has 0 aliphatic heterocycles. The second kappa shape index (κ2) is 6.47. The molecule has 1 rings (SSSR count). The van der Waals surface area contributed by atoms with Crippen LogP contribution in [-0.4, -0.2) is 36.0 Å². The van der Waals surface area contributed by atoms with Gasteiger partial charge in [-0.25, -0.2) is 4.79 Å². The average molecular weight is 284 g/mol. The zero-order valence-electron chi connectivity index (χ0n) is 11.0. The molecule has 0 spiro atoms. The first kappa shape index (κ1) is 15.4. The predicted molar refractivity (Wildman–Crippen MR) is 72.3 cm³/mol. The lowest BCUT2D eigenvalue weighted by Gasteiger charge is -2.21. The quantitative estimate of drug-likeness (QED) is 0.636. The number of hydrogen-bond donors (Lipinski definition) is 1. The van der Waals surface area contributed by atoms with Crippen LogP contribution in [0.3, 0.4) is 0 Å². The number of rotatable bonds is 6. The van der Waals surface area contributed by atoms with Crippen molar-refractivity contribution in [3.05, 3.63) is 29.8 Å². The topological polar surface area (TPSA) is 72.8 Å². The van der Waals surface area contributed by atoms with Crippen molar-refractivity contribution in [2.24, 2.45) is 0 Å². The third-order valence-corrected chi connectivity index (χ3v) is 4.07. The fourth-order valence-electron chi connectivity index (χ4n) is 1.35. The van der Waals surface area contributed by atoms with Crippen molar-refractivity contribution in [2.45, 2.75) is 17.4 Å². The van der Waals surface area contributed by atoms with Crippen LogP contribution in [0, 0.1) is 0 Å². The molecule has 0 amide bonds. The molecular weight excluding hydrogens is 268 g/mol. The fourth-order valence-corrected chi connectivity index (χ4v) is 2.32. The van der Waals surface area contributed by atoms with Crippen molar-refractivity contribution in [1.82, 2.24) is 0 Å². The van der Waals surface area contributed by atoms with Crippen LogP contribution in [0.15, 0.2) is 24.3 Å². The van der Waals surface area contributed by atoms with E-state index in [4.69, 9.17) is 9.84 Å². The molecule has 1 atom stereocenters. The second-order valence-corrected chi connectivity index (χ2v) is 5.36. The summed E-state index contributed by atoms with van der Waals surface area (Å²) in [5.74, 6) is -0.860. The van der Waals surface area contributed by atoms with E-state index in [2.05, 4.69) is 4.74 Å². The van der Waals surface area contributed by atoms with Crippen molar-refractivity contribution in [3.63, 3.8) is 0 Å². The number of benzene rings is 1. The highest BCUT2D eigenvalue weighted by atomic mass is 32.2. The van der Waals surface area contributed by atoms with Crippen LogP contribution in [0.5, 0.6) is 5.75 Å². The molecule has 104 valence electrons. The minimum Gasteiger partial charge on any atom is -0.497 e. The summed E-state index contributed by atoms with van der Waals surface area (Å²) < 4.78 is 7.97. The summed E-state index contributed by atoms with van der Waals surface area (Å²) in [5, 5.41) is 9.15. The van der Waals surface area contributed by atoms with E-state index < -0.39 is 16.7 Å². The normalized spacial score (nSPS) is 13.4. The third-order valence-electron chi connectivity index (χ3n) is 2.67. The monoisotopic (exact) mass is 284 g/mol. The van der Waals surface area contributed by atoms with Crippen molar-refractivity contribution in [2.75, 3.05) is 14.2 Å². The zero-order valence-corrected chi connectivity index (χ0v) is 11.8. The van der Waals surface area contributed by atoms with Crippen molar-refractivity contribution in [3.8, 4) is 5.75 Å². The Kier molecular flexibility index (Phi) is 5.23. The number of ether oxygens (including phenoxy) is 2. The van der Waals surface area contributed by atoms with Crippen LogP contribution in [0.1, 0.15) is 12.5 Å². The summed E-state index contributed by atoms with van der Waals surface area (Å²) in [6.07, 6.45) is 0. The van der Waals surface area contributed by atoms with Crippen molar-refractivity contribution >= 4 is 23.7 Å². The molecule has 1 aromatic rings. The van der Waals surface area contributed by atoms with E-state index >= 15 is 0 Å². The molecule has 0 fully saturated rings. The highest BCUT2D eigenvalue weighted by Gasteiger charge is 2.43. The Bertz CT molecular complexity index is 457. The van der Waals surface area contributed by atoms with Gasteiger partial charge in [-0.15, -0.1) is 11.8 Å². The Morgan fingerprint density at radius 2 is 1.84 bits per heavy atom. The molecule has 0 saturated heterocycles. The maximum Gasteiger partial charge on any atom is 0.333 e. The van der Waals surface area contributed by atoms with Crippen LogP contribution in [0.25, 0.3) is 0 Å². The Morgan fingerprint density at radius 1 is 1.26 bits per heavy atom. The predicted octanol–water partition coefficient (Wildman–Crippen LogP) is 1.94. The number of esters is 1. The Hall–Kier alpha value is -1.69. The van der Waals surface area contributed by atoms with Crippen LogP contribution in [-0.2, 0) is 20.1 Å². The second-order valence-electron chi connectivity index (χ2n) is 3.97. The van der Waals surface area contributed by atoms with Crippen molar-refractivity contribution < 1.29 is 24.2 Å². The van der Waals surface area contributed by atoms with E-state index in [1.807, 2.05) is 12.1 Å². The SMILES string of the molecule is COC(=O)C(C)(SCc1ccc(OC)cc1)C(=O)O. The van der Waals surface area contributed by atoms with Crippen LogP contribution >= 0.6 is 11.8 Å². The van der Waals surface area contributed by atoms with Crippen LogP contribution < -0.4 is 4.74 Å². The molecule has 0 aliphatic rings. The Balaban J connectivity index is 2.76. The average Bonchev–Trinajstić information content (AvgIpc) is 2.44. The van der Waals surface area contributed by atoms with Crippen LogP contribution in [0.2, 0.25) is 0 Å². The van der Waals surface area contributed by atoms with Crippen LogP contribution in [0.4, 0.5) is 0 Å². The van der Waals surface area contributed by atoms with E-state index in [1.54, 1.807) is 19.2 Å². The fraction of sp³-hybridized carbons (Fsp3) is 0.385. The molecule has 0 radical (unpaired) electrons. The summed E-state index contributed by atoms with van der Waals surface area (Å²) in [6, 6.07) is 7.22. The number of hydrogen-bond acceptors (Lipinski definition) is 5. The molecule has 0 bridgehead atoms. The van der Waals surface area contributed by atoms with Gasteiger partial charge in [-0.3, -0.25) is 4.79 Å². The van der Waals surface area contributed by atoms with E-state index in [-0.39, 0.29) is 0 Å². The standard InChI is InChI=1S/C13H16O5S/c1-13(11(14)15,12(16)18-3)19-8-9-4-6-10(17-2)7-5-9/h4-7H,8H2,1-3H3,(H,14,15). The molecule has 0 saturated carbocycles. The lowest BCUT2D eigenvalue weighted by Crippen LogP contribution is -2.41. The van der Waals surface area contributed by atoms with Gasteiger partial charge in [0.15, 0.2) is 0 Å². The number of carbonyl (C=O) groups excluding carboxylic acids is 1. The smallest absolute Gasteiger partial charge is 0.333 e. The number of methoxy groups -OCH3 is 2. The highest BCUT2D eigenvalue weighted by Crippen LogP contribution is 2.30. The van der Waals surface area contributed by atoms with E-state index in [1.165, 1.54) is 14.0 Å². The van der Waals surface area contributed by atoms with Gasteiger partial charge in [-0.1, -0.05) is 12.1 Å².